The van der Waals surface area contributed by atoms with Gasteiger partial charge in [-0.25, -0.2) is 0 Å². The molecule has 1 rings (SSSR count). The van der Waals surface area contributed by atoms with Gasteiger partial charge in [-0.15, -0.1) is 0 Å². The van der Waals surface area contributed by atoms with Crippen LogP contribution >= 0.6 is 15.9 Å². The van der Waals surface area contributed by atoms with E-state index in [-0.39, 0.29) is 12.4 Å². The van der Waals surface area contributed by atoms with E-state index in [1.54, 1.807) is 19.1 Å². The summed E-state index contributed by atoms with van der Waals surface area (Å²) in [6, 6.07) is 4.67. The van der Waals surface area contributed by atoms with Gasteiger partial charge in [0.05, 0.1) is 6.61 Å². The quantitative estimate of drug-likeness (QED) is 0.918. The Bertz CT molecular complexity index is 331. The van der Waals surface area contributed by atoms with Gasteiger partial charge < -0.3 is 9.84 Å². The van der Waals surface area contributed by atoms with E-state index in [0.29, 0.717) is 11.5 Å². The largest absolute Gasteiger partial charge is 0.435 e. The number of ether oxygens (including phenoxy) is 1. The van der Waals surface area contributed by atoms with Crippen molar-refractivity contribution in [3.8, 4) is 5.75 Å². The fourth-order valence-electron chi connectivity index (χ4n) is 1.12. The zero-order chi connectivity index (χ0) is 11.4. The van der Waals surface area contributed by atoms with Crippen molar-refractivity contribution in [3.05, 3.63) is 34.2 Å². The van der Waals surface area contributed by atoms with Crippen LogP contribution in [0.1, 0.15) is 12.5 Å². The Morgan fingerprint density at radius 1 is 1.53 bits per heavy atom. The SMILES string of the molecule is C[C](CO)c1cc(Br)ccc1OC(F)F. The molecule has 0 atom stereocenters. The lowest BCUT2D eigenvalue weighted by Crippen LogP contribution is -2.08. The van der Waals surface area contributed by atoms with E-state index < -0.39 is 6.61 Å². The summed E-state index contributed by atoms with van der Waals surface area (Å²) in [5, 5.41) is 8.94. The van der Waals surface area contributed by atoms with E-state index >= 15 is 0 Å². The molecule has 0 aliphatic heterocycles. The molecule has 1 aromatic carbocycles. The Morgan fingerprint density at radius 2 is 2.20 bits per heavy atom. The summed E-state index contributed by atoms with van der Waals surface area (Å²) >= 11 is 3.22. The minimum Gasteiger partial charge on any atom is -0.435 e. The fourth-order valence-corrected chi connectivity index (χ4v) is 1.48. The van der Waals surface area contributed by atoms with Crippen molar-refractivity contribution in [2.24, 2.45) is 0 Å². The minimum atomic E-state index is -2.86. The number of aliphatic hydroxyl groups is 1. The van der Waals surface area contributed by atoms with Crippen LogP contribution in [0.15, 0.2) is 22.7 Å². The molecule has 0 aliphatic rings. The molecule has 0 saturated heterocycles. The summed E-state index contributed by atoms with van der Waals surface area (Å²) in [4.78, 5) is 0. The molecule has 2 nitrogen and oxygen atoms in total. The topological polar surface area (TPSA) is 29.5 Å². The molecular formula is C10H10BrF2O2. The van der Waals surface area contributed by atoms with Gasteiger partial charge in [-0.3, -0.25) is 0 Å². The molecule has 15 heavy (non-hydrogen) atoms. The Hall–Kier alpha value is -0.680. The normalized spacial score (nSPS) is 11.1. The van der Waals surface area contributed by atoms with E-state index in [1.807, 2.05) is 0 Å². The maximum atomic E-state index is 12.1. The van der Waals surface area contributed by atoms with Gasteiger partial charge in [0.25, 0.3) is 0 Å². The molecule has 0 fully saturated rings. The van der Waals surface area contributed by atoms with Crippen molar-refractivity contribution >= 4 is 15.9 Å². The van der Waals surface area contributed by atoms with Crippen LogP contribution in [0.25, 0.3) is 0 Å². The molecule has 0 spiro atoms. The van der Waals surface area contributed by atoms with Gasteiger partial charge in [0, 0.05) is 16.0 Å². The Morgan fingerprint density at radius 3 is 2.73 bits per heavy atom. The highest BCUT2D eigenvalue weighted by Gasteiger charge is 2.15. The van der Waals surface area contributed by atoms with Crippen molar-refractivity contribution in [3.63, 3.8) is 0 Å². The van der Waals surface area contributed by atoms with Crippen molar-refractivity contribution in [2.45, 2.75) is 13.5 Å². The van der Waals surface area contributed by atoms with Gasteiger partial charge in [-0.2, -0.15) is 8.78 Å². The summed E-state index contributed by atoms with van der Waals surface area (Å²) in [6.45, 7) is -1.41. The number of halogens is 3. The van der Waals surface area contributed by atoms with Crippen molar-refractivity contribution in [1.82, 2.24) is 0 Å². The predicted molar refractivity (Wildman–Crippen MR) is 55.9 cm³/mol. The van der Waals surface area contributed by atoms with Crippen LogP contribution in [-0.4, -0.2) is 18.3 Å². The first-order valence-electron chi connectivity index (χ1n) is 4.22. The first-order valence-corrected chi connectivity index (χ1v) is 5.02. The number of hydrogen-bond acceptors (Lipinski definition) is 2. The van der Waals surface area contributed by atoms with Crippen LogP contribution in [0.4, 0.5) is 8.78 Å². The van der Waals surface area contributed by atoms with Gasteiger partial charge in [-0.05, 0) is 18.2 Å². The molecule has 1 radical (unpaired) electrons. The van der Waals surface area contributed by atoms with E-state index in [1.165, 1.54) is 6.07 Å². The number of rotatable bonds is 4. The predicted octanol–water partition coefficient (Wildman–Crippen LogP) is 2.99. The monoisotopic (exact) mass is 279 g/mol. The number of alkyl halides is 2. The maximum absolute atomic E-state index is 12.1. The summed E-state index contributed by atoms with van der Waals surface area (Å²) in [6.07, 6.45) is 0. The average molecular weight is 280 g/mol. The van der Waals surface area contributed by atoms with E-state index in [2.05, 4.69) is 20.7 Å². The standard InChI is InChI=1S/C10H10BrF2O2/c1-6(5-14)8-4-7(11)2-3-9(8)15-10(12)13/h2-4,10,14H,5H2,1H3. The Labute approximate surface area is 95.0 Å². The second-order valence-corrected chi connectivity index (χ2v) is 3.87. The third-order valence-electron chi connectivity index (χ3n) is 1.85. The van der Waals surface area contributed by atoms with Crippen LogP contribution in [-0.2, 0) is 0 Å². The van der Waals surface area contributed by atoms with Gasteiger partial charge >= 0.3 is 6.61 Å². The smallest absolute Gasteiger partial charge is 0.387 e. The summed E-state index contributed by atoms with van der Waals surface area (Å²) in [7, 11) is 0. The fraction of sp³-hybridized carbons (Fsp3) is 0.300. The third kappa shape index (κ3) is 3.43. The molecular weight excluding hydrogens is 270 g/mol. The Kier molecular flexibility index (Phi) is 4.47. The van der Waals surface area contributed by atoms with Crippen molar-refractivity contribution < 1.29 is 18.6 Å². The average Bonchev–Trinajstić information content (AvgIpc) is 2.19. The molecule has 1 N–H and O–H groups in total. The van der Waals surface area contributed by atoms with Gasteiger partial charge in [0.15, 0.2) is 0 Å². The van der Waals surface area contributed by atoms with E-state index in [0.717, 1.165) is 4.47 Å². The molecule has 1 aromatic rings. The maximum Gasteiger partial charge on any atom is 0.387 e. The molecule has 0 aromatic heterocycles. The highest BCUT2D eigenvalue weighted by Crippen LogP contribution is 2.30. The van der Waals surface area contributed by atoms with Crippen LogP contribution < -0.4 is 4.74 Å². The number of benzene rings is 1. The zero-order valence-corrected chi connectivity index (χ0v) is 9.59. The third-order valence-corrected chi connectivity index (χ3v) is 2.35. The van der Waals surface area contributed by atoms with Crippen molar-refractivity contribution in [1.29, 1.82) is 0 Å². The highest BCUT2D eigenvalue weighted by molar-refractivity contribution is 9.10. The van der Waals surface area contributed by atoms with E-state index in [4.69, 9.17) is 5.11 Å². The van der Waals surface area contributed by atoms with Gasteiger partial charge in [0.2, 0.25) is 0 Å². The van der Waals surface area contributed by atoms with Gasteiger partial charge in [-0.1, -0.05) is 22.9 Å². The summed E-state index contributed by atoms with van der Waals surface area (Å²) < 4.78 is 29.2. The van der Waals surface area contributed by atoms with Crippen LogP contribution in [0.3, 0.4) is 0 Å². The minimum absolute atomic E-state index is 0.0692. The van der Waals surface area contributed by atoms with E-state index in [9.17, 15) is 8.78 Å². The first-order chi connectivity index (χ1) is 7.04. The first kappa shape index (κ1) is 12.4. The Balaban J connectivity index is 3.02. The lowest BCUT2D eigenvalue weighted by Gasteiger charge is -2.14. The highest BCUT2D eigenvalue weighted by atomic mass is 79.9. The molecule has 83 valence electrons. The second-order valence-electron chi connectivity index (χ2n) is 2.96. The molecule has 0 unspecified atom stereocenters. The molecule has 0 bridgehead atoms. The lowest BCUT2D eigenvalue weighted by molar-refractivity contribution is -0.0503. The number of hydrogen-bond donors (Lipinski definition) is 1. The molecule has 0 heterocycles. The molecule has 0 aliphatic carbocycles. The molecule has 5 heteroatoms. The van der Waals surface area contributed by atoms with Crippen LogP contribution in [0, 0.1) is 5.92 Å². The van der Waals surface area contributed by atoms with Crippen LogP contribution in [0.2, 0.25) is 0 Å². The second kappa shape index (κ2) is 5.42. The lowest BCUT2D eigenvalue weighted by atomic mass is 10.0. The van der Waals surface area contributed by atoms with Crippen molar-refractivity contribution in [2.75, 3.05) is 6.61 Å². The number of aliphatic hydroxyl groups excluding tert-OH is 1. The van der Waals surface area contributed by atoms with Crippen LogP contribution in [0.5, 0.6) is 5.75 Å². The molecule has 0 amide bonds. The molecule has 0 saturated carbocycles. The van der Waals surface area contributed by atoms with Gasteiger partial charge in [0.1, 0.15) is 5.75 Å². The summed E-state index contributed by atoms with van der Waals surface area (Å²) in [5.41, 5.74) is 0.479. The zero-order valence-electron chi connectivity index (χ0n) is 8.01. The summed E-state index contributed by atoms with van der Waals surface area (Å²) in [5.74, 6) is 0.645.